The summed E-state index contributed by atoms with van der Waals surface area (Å²) in [6.45, 7) is 17.5. The lowest BCUT2D eigenvalue weighted by molar-refractivity contribution is -0.228. The van der Waals surface area contributed by atoms with Gasteiger partial charge in [0.25, 0.3) is 0 Å². The van der Waals surface area contributed by atoms with Crippen molar-refractivity contribution in [1.29, 1.82) is 0 Å². The third-order valence-electron chi connectivity index (χ3n) is 13.6. The molecular weight excluding hydrogens is 440 g/mol. The highest BCUT2D eigenvalue weighted by Gasteiger charge is 2.75. The van der Waals surface area contributed by atoms with Gasteiger partial charge in [-0.15, -0.1) is 0 Å². The van der Waals surface area contributed by atoms with Gasteiger partial charge in [0.1, 0.15) is 0 Å². The van der Waals surface area contributed by atoms with E-state index < -0.39 is 40.2 Å². The van der Waals surface area contributed by atoms with Crippen LogP contribution in [0.1, 0.15) is 92.9 Å². The number of allylic oxidation sites excluding steroid dienone is 1. The van der Waals surface area contributed by atoms with Gasteiger partial charge >= 0.3 is 11.9 Å². The molecular formula is C30H46O5. The fourth-order valence-electron chi connectivity index (χ4n) is 11.8. The van der Waals surface area contributed by atoms with E-state index in [-0.39, 0.29) is 34.5 Å². The van der Waals surface area contributed by atoms with E-state index in [1.165, 1.54) is 0 Å². The molecule has 0 unspecified atom stereocenters. The zero-order chi connectivity index (χ0) is 25.9. The number of hydrogen-bond acceptors (Lipinski definition) is 3. The van der Waals surface area contributed by atoms with Crippen molar-refractivity contribution in [2.45, 2.75) is 99.0 Å². The summed E-state index contributed by atoms with van der Waals surface area (Å²) >= 11 is 0. The van der Waals surface area contributed by atoms with Crippen molar-refractivity contribution in [3.05, 3.63) is 12.2 Å². The van der Waals surface area contributed by atoms with Crippen molar-refractivity contribution < 1.29 is 24.9 Å². The van der Waals surface area contributed by atoms with Crippen LogP contribution in [0, 0.1) is 62.6 Å². The molecule has 3 N–H and O–H groups in total. The first kappa shape index (κ1) is 25.3. The summed E-state index contributed by atoms with van der Waals surface area (Å²) in [4.78, 5) is 25.4. The topological polar surface area (TPSA) is 94.8 Å². The Morgan fingerprint density at radius 3 is 2.06 bits per heavy atom. The Morgan fingerprint density at radius 1 is 0.829 bits per heavy atom. The number of aliphatic hydroxyl groups excluding tert-OH is 1. The molecule has 196 valence electrons. The second kappa shape index (κ2) is 7.36. The fourth-order valence-corrected chi connectivity index (χ4v) is 11.8. The standard InChI is InChI=1S/C30H46O5/c1-16(2)17-10-13-30(25(34)35)15-14-27(5)18(21(17)30)8-9-20-28(27,6)12-11-19-26(3,4)23(31)22(24(32)33)29(19,20)7/h17-23,31H,1,8-15H2,2-7H3,(H,32,33)(H,34,35)/t17-,18+,19-,20-,21+,22+,23-,27+,28+,29-,30-/m1/s1. The molecule has 0 heterocycles. The van der Waals surface area contributed by atoms with Gasteiger partial charge in [-0.2, -0.15) is 0 Å². The van der Waals surface area contributed by atoms with Crippen LogP contribution in [0.2, 0.25) is 0 Å². The summed E-state index contributed by atoms with van der Waals surface area (Å²) in [6, 6.07) is 0. The SMILES string of the molecule is C=C(C)[C@H]1CC[C@@]2(C(=O)O)CC[C@@]3(C)[C@@H](CC[C@H]4[C@]5(C)[C@H](C(=O)O)[C@@H](O)C(C)(C)[C@H]5CC[C@@]43C)[C@H]12. The lowest BCUT2D eigenvalue weighted by atomic mass is 9.34. The van der Waals surface area contributed by atoms with Crippen molar-refractivity contribution in [3.8, 4) is 0 Å². The summed E-state index contributed by atoms with van der Waals surface area (Å²) < 4.78 is 0. The first-order chi connectivity index (χ1) is 16.1. The number of carboxylic acids is 2. The highest BCUT2D eigenvalue weighted by atomic mass is 16.4. The van der Waals surface area contributed by atoms with Crippen LogP contribution in [-0.4, -0.2) is 33.4 Å². The molecule has 0 aliphatic heterocycles. The Hall–Kier alpha value is -1.36. The minimum atomic E-state index is -0.862. The number of fused-ring (bicyclic) bond motifs is 7. The minimum Gasteiger partial charge on any atom is -0.481 e. The predicted molar refractivity (Wildman–Crippen MR) is 135 cm³/mol. The molecule has 0 radical (unpaired) electrons. The molecule has 5 nitrogen and oxygen atoms in total. The van der Waals surface area contributed by atoms with Crippen LogP contribution in [0.25, 0.3) is 0 Å². The van der Waals surface area contributed by atoms with Crippen molar-refractivity contribution in [3.63, 3.8) is 0 Å². The Balaban J connectivity index is 1.62. The molecule has 0 saturated heterocycles. The van der Waals surface area contributed by atoms with Gasteiger partial charge in [-0.3, -0.25) is 9.59 Å². The van der Waals surface area contributed by atoms with E-state index in [0.29, 0.717) is 12.3 Å². The van der Waals surface area contributed by atoms with Gasteiger partial charge in [0.05, 0.1) is 17.4 Å². The Labute approximate surface area is 210 Å². The second-order valence-electron chi connectivity index (χ2n) is 14.6. The predicted octanol–water partition coefficient (Wildman–Crippen LogP) is 6.01. The van der Waals surface area contributed by atoms with Gasteiger partial charge in [-0.05, 0) is 110 Å². The van der Waals surface area contributed by atoms with E-state index in [1.807, 2.05) is 0 Å². The van der Waals surface area contributed by atoms with Crippen LogP contribution in [0.4, 0.5) is 0 Å². The number of carbonyl (C=O) groups is 2. The smallest absolute Gasteiger partial charge is 0.309 e. The van der Waals surface area contributed by atoms with Gasteiger partial charge in [0.2, 0.25) is 0 Å². The van der Waals surface area contributed by atoms with Crippen LogP contribution < -0.4 is 0 Å². The molecule has 11 atom stereocenters. The molecule has 0 amide bonds. The molecule has 0 aromatic carbocycles. The quantitative estimate of drug-likeness (QED) is 0.425. The zero-order valence-electron chi connectivity index (χ0n) is 22.6. The lowest BCUT2D eigenvalue weighted by Gasteiger charge is -2.70. The van der Waals surface area contributed by atoms with Crippen LogP contribution in [0.5, 0.6) is 0 Å². The maximum Gasteiger partial charge on any atom is 0.309 e. The van der Waals surface area contributed by atoms with Crippen LogP contribution in [0.3, 0.4) is 0 Å². The van der Waals surface area contributed by atoms with E-state index in [0.717, 1.165) is 50.5 Å². The van der Waals surface area contributed by atoms with E-state index in [9.17, 15) is 24.9 Å². The molecule has 5 aliphatic rings. The van der Waals surface area contributed by atoms with Gasteiger partial charge in [0, 0.05) is 0 Å². The van der Waals surface area contributed by atoms with E-state index >= 15 is 0 Å². The average molecular weight is 487 g/mol. The summed E-state index contributed by atoms with van der Waals surface area (Å²) in [7, 11) is 0. The molecule has 5 saturated carbocycles. The monoisotopic (exact) mass is 486 g/mol. The Morgan fingerprint density at radius 2 is 1.49 bits per heavy atom. The van der Waals surface area contributed by atoms with Crippen LogP contribution in [0.15, 0.2) is 12.2 Å². The third-order valence-corrected chi connectivity index (χ3v) is 13.6. The normalized spacial score (nSPS) is 54.2. The van der Waals surface area contributed by atoms with Crippen LogP contribution in [-0.2, 0) is 9.59 Å². The van der Waals surface area contributed by atoms with E-state index in [4.69, 9.17) is 0 Å². The largest absolute Gasteiger partial charge is 0.481 e. The number of carboxylic acid groups (broad SMARTS) is 2. The summed E-state index contributed by atoms with van der Waals surface area (Å²) in [5.74, 6) is -1.21. The average Bonchev–Trinajstić information content (AvgIpc) is 3.21. The number of rotatable bonds is 3. The molecule has 5 fully saturated rings. The minimum absolute atomic E-state index is 0.0493. The summed E-state index contributed by atoms with van der Waals surface area (Å²) in [5, 5.41) is 32.2. The lowest BCUT2D eigenvalue weighted by Crippen LogP contribution is -2.65. The molecule has 0 aromatic rings. The highest BCUT2D eigenvalue weighted by molar-refractivity contribution is 5.76. The summed E-state index contributed by atoms with van der Waals surface area (Å²) in [5.41, 5.74) is -0.558. The maximum atomic E-state index is 12.8. The van der Waals surface area contributed by atoms with E-state index in [2.05, 4.69) is 48.1 Å². The first-order valence-electron chi connectivity index (χ1n) is 13.9. The Kier molecular flexibility index (Phi) is 5.32. The molecule has 0 aromatic heterocycles. The third kappa shape index (κ3) is 2.75. The zero-order valence-corrected chi connectivity index (χ0v) is 22.6. The molecule has 5 rings (SSSR count). The number of aliphatic carboxylic acids is 2. The highest BCUT2D eigenvalue weighted by Crippen LogP contribution is 2.79. The molecule has 0 bridgehead atoms. The van der Waals surface area contributed by atoms with Crippen molar-refractivity contribution in [2.24, 2.45) is 62.6 Å². The Bertz CT molecular complexity index is 970. The fraction of sp³-hybridized carbons (Fsp3) is 0.867. The number of aliphatic hydroxyl groups is 1. The van der Waals surface area contributed by atoms with Crippen molar-refractivity contribution in [1.82, 2.24) is 0 Å². The molecule has 5 aliphatic carbocycles. The van der Waals surface area contributed by atoms with Gasteiger partial charge in [-0.25, -0.2) is 0 Å². The first-order valence-corrected chi connectivity index (χ1v) is 13.9. The van der Waals surface area contributed by atoms with Gasteiger partial charge < -0.3 is 15.3 Å². The maximum absolute atomic E-state index is 12.8. The molecule has 5 heteroatoms. The number of hydrogen-bond donors (Lipinski definition) is 3. The van der Waals surface area contributed by atoms with Gasteiger partial charge in [-0.1, -0.05) is 46.8 Å². The van der Waals surface area contributed by atoms with Gasteiger partial charge in [0.15, 0.2) is 0 Å². The molecule has 35 heavy (non-hydrogen) atoms. The van der Waals surface area contributed by atoms with Crippen molar-refractivity contribution in [2.75, 3.05) is 0 Å². The summed E-state index contributed by atoms with van der Waals surface area (Å²) in [6.07, 6.45) is 6.24. The molecule has 0 spiro atoms. The van der Waals surface area contributed by atoms with Crippen LogP contribution >= 0.6 is 0 Å². The van der Waals surface area contributed by atoms with E-state index in [1.54, 1.807) is 0 Å². The second-order valence-corrected chi connectivity index (χ2v) is 14.6. The van der Waals surface area contributed by atoms with Crippen molar-refractivity contribution >= 4 is 11.9 Å².